The van der Waals surface area contributed by atoms with Crippen molar-refractivity contribution in [1.82, 2.24) is 24.9 Å². The summed E-state index contributed by atoms with van der Waals surface area (Å²) in [5.41, 5.74) is 4.34. The van der Waals surface area contributed by atoms with Crippen LogP contribution >= 0.6 is 11.8 Å². The molecule has 0 N–H and O–H groups in total. The molecule has 0 atom stereocenters. The fourth-order valence-corrected chi connectivity index (χ4v) is 4.70. The molecule has 1 aromatic carbocycles. The molecule has 150 valence electrons. The molecule has 3 aromatic rings. The quantitative estimate of drug-likeness (QED) is 0.577. The number of likely N-dealkylation sites (tertiary alicyclic amines) is 1. The highest BCUT2D eigenvalue weighted by molar-refractivity contribution is 7.98. The summed E-state index contributed by atoms with van der Waals surface area (Å²) in [4.78, 5) is 13.5. The van der Waals surface area contributed by atoms with E-state index in [2.05, 4.69) is 10.2 Å². The molecule has 0 radical (unpaired) electrons. The number of nitrogens with zero attached hydrogens (tertiary/aromatic N) is 5. The predicted octanol–water partition coefficient (Wildman–Crippen LogP) is 3.30. The lowest BCUT2D eigenvalue weighted by molar-refractivity contribution is -0.128. The van der Waals surface area contributed by atoms with Crippen LogP contribution in [0.2, 0.25) is 0 Å². The van der Waals surface area contributed by atoms with Crippen molar-refractivity contribution in [1.29, 1.82) is 0 Å². The van der Waals surface area contributed by atoms with Crippen LogP contribution in [0.25, 0.3) is 5.69 Å². The number of thioether (sulfide) groups is 1. The molecule has 5 rings (SSSR count). The number of benzene rings is 1. The number of amides is 1. The molecule has 0 spiro atoms. The number of aromatic nitrogens is 4. The van der Waals surface area contributed by atoms with Gasteiger partial charge in [-0.2, -0.15) is 5.10 Å². The van der Waals surface area contributed by atoms with Crippen LogP contribution < -0.4 is 0 Å². The van der Waals surface area contributed by atoms with Crippen LogP contribution in [0.5, 0.6) is 0 Å². The molecule has 3 heterocycles. The van der Waals surface area contributed by atoms with Gasteiger partial charge in [0.1, 0.15) is 5.82 Å². The molecular weight excluding hydrogens is 393 g/mol. The van der Waals surface area contributed by atoms with Crippen molar-refractivity contribution in [2.75, 3.05) is 6.54 Å². The van der Waals surface area contributed by atoms with Crippen molar-refractivity contribution >= 4 is 17.7 Å². The lowest BCUT2D eigenvalue weighted by atomic mass is 10.2. The van der Waals surface area contributed by atoms with E-state index in [9.17, 15) is 9.18 Å². The van der Waals surface area contributed by atoms with Crippen LogP contribution in [0.3, 0.4) is 0 Å². The highest BCUT2D eigenvalue weighted by Gasteiger charge is 2.25. The summed E-state index contributed by atoms with van der Waals surface area (Å²) in [6, 6.07) is 6.42. The highest BCUT2D eigenvalue weighted by atomic mass is 32.2. The number of halogens is 1. The van der Waals surface area contributed by atoms with E-state index < -0.39 is 0 Å². The lowest BCUT2D eigenvalue weighted by Gasteiger charge is -2.11. The molecule has 1 aliphatic heterocycles. The zero-order valence-corrected chi connectivity index (χ0v) is 16.6. The Kier molecular flexibility index (Phi) is 4.83. The van der Waals surface area contributed by atoms with Gasteiger partial charge in [0.05, 0.1) is 17.9 Å². The molecule has 0 saturated carbocycles. The molecule has 29 heavy (non-hydrogen) atoms. The number of hydrogen-bond acceptors (Lipinski definition) is 6. The summed E-state index contributed by atoms with van der Waals surface area (Å²) in [5.74, 6) is 0.973. The fraction of sp³-hybridized carbons (Fsp3) is 0.400. The Hall–Kier alpha value is -2.68. The predicted molar refractivity (Wildman–Crippen MR) is 104 cm³/mol. The number of rotatable bonds is 6. The molecule has 7 nitrogen and oxygen atoms in total. The van der Waals surface area contributed by atoms with Crippen molar-refractivity contribution in [3.63, 3.8) is 0 Å². The summed E-state index contributed by atoms with van der Waals surface area (Å²) in [6.07, 6.45) is 4.55. The average Bonchev–Trinajstić information content (AvgIpc) is 3.48. The maximum Gasteiger partial charge on any atom is 0.277 e. The molecular formula is C20H20FN5O2S. The van der Waals surface area contributed by atoms with Crippen LogP contribution in [0, 0.1) is 5.82 Å². The zero-order valence-electron chi connectivity index (χ0n) is 15.8. The minimum Gasteiger partial charge on any atom is -0.414 e. The van der Waals surface area contributed by atoms with Crippen molar-refractivity contribution < 1.29 is 13.6 Å². The molecule has 1 saturated heterocycles. The minimum atomic E-state index is -0.254. The molecule has 2 aliphatic rings. The van der Waals surface area contributed by atoms with E-state index in [1.807, 2.05) is 4.68 Å². The third-order valence-electron chi connectivity index (χ3n) is 5.36. The number of hydrogen-bond donors (Lipinski definition) is 0. The van der Waals surface area contributed by atoms with E-state index in [1.165, 1.54) is 35.2 Å². The summed E-state index contributed by atoms with van der Waals surface area (Å²) in [5, 5.41) is 13.4. The van der Waals surface area contributed by atoms with Gasteiger partial charge in [-0.3, -0.25) is 4.79 Å². The Balaban J connectivity index is 1.30. The normalized spacial score (nSPS) is 16.0. The van der Waals surface area contributed by atoms with Gasteiger partial charge in [-0.15, -0.1) is 10.2 Å². The van der Waals surface area contributed by atoms with E-state index in [0.717, 1.165) is 43.6 Å². The molecule has 1 fully saturated rings. The topological polar surface area (TPSA) is 77.1 Å². The van der Waals surface area contributed by atoms with Crippen molar-refractivity contribution in [2.45, 2.75) is 49.6 Å². The summed E-state index contributed by atoms with van der Waals surface area (Å²) in [7, 11) is 0. The molecule has 1 aliphatic carbocycles. The van der Waals surface area contributed by atoms with Crippen LogP contribution in [0.15, 0.2) is 33.9 Å². The third-order valence-corrected chi connectivity index (χ3v) is 6.19. The summed E-state index contributed by atoms with van der Waals surface area (Å²) < 4.78 is 20.9. The fourth-order valence-electron chi connectivity index (χ4n) is 3.95. The molecule has 9 heteroatoms. The second-order valence-electron chi connectivity index (χ2n) is 7.28. The maximum absolute atomic E-state index is 13.3. The van der Waals surface area contributed by atoms with E-state index >= 15 is 0 Å². The summed E-state index contributed by atoms with van der Waals surface area (Å²) in [6.45, 7) is 1.12. The van der Waals surface area contributed by atoms with E-state index in [0.29, 0.717) is 29.8 Å². The van der Waals surface area contributed by atoms with Crippen molar-refractivity contribution in [3.05, 3.63) is 52.9 Å². The second kappa shape index (κ2) is 7.62. The minimum absolute atomic E-state index is 0.138. The van der Waals surface area contributed by atoms with Gasteiger partial charge in [0.15, 0.2) is 0 Å². The third kappa shape index (κ3) is 3.66. The standard InChI is InChI=1S/C20H20FN5O2S/c21-13-6-8-14(9-7-13)26-17-4-1-3-15(17)16(24-26)12-29-20-23-22-18(28-20)11-25-10-2-5-19(25)27/h6-9H,1-5,10-12H2. The maximum atomic E-state index is 13.3. The van der Waals surface area contributed by atoms with Gasteiger partial charge in [0, 0.05) is 24.4 Å². The van der Waals surface area contributed by atoms with E-state index in [1.54, 1.807) is 17.0 Å². The first-order valence-electron chi connectivity index (χ1n) is 9.76. The first-order chi connectivity index (χ1) is 14.2. The Morgan fingerprint density at radius 2 is 1.97 bits per heavy atom. The molecule has 0 bridgehead atoms. The first-order valence-corrected chi connectivity index (χ1v) is 10.7. The van der Waals surface area contributed by atoms with Crippen molar-refractivity contribution in [2.24, 2.45) is 0 Å². The number of fused-ring (bicyclic) bond motifs is 1. The Bertz CT molecular complexity index is 1050. The Morgan fingerprint density at radius 3 is 2.76 bits per heavy atom. The number of carbonyl (C=O) groups excluding carboxylic acids is 1. The highest BCUT2D eigenvalue weighted by Crippen LogP contribution is 2.31. The molecule has 2 aromatic heterocycles. The van der Waals surface area contributed by atoms with Crippen LogP contribution in [0.4, 0.5) is 4.39 Å². The van der Waals surface area contributed by atoms with Gasteiger partial charge in [-0.25, -0.2) is 9.07 Å². The van der Waals surface area contributed by atoms with E-state index in [4.69, 9.17) is 9.52 Å². The SMILES string of the molecule is O=C1CCCN1Cc1nnc(SCc2nn(-c3ccc(F)cc3)c3c2CCC3)o1. The van der Waals surface area contributed by atoms with Gasteiger partial charge < -0.3 is 9.32 Å². The van der Waals surface area contributed by atoms with Gasteiger partial charge in [0.25, 0.3) is 5.22 Å². The van der Waals surface area contributed by atoms with E-state index in [-0.39, 0.29) is 11.7 Å². The van der Waals surface area contributed by atoms with Crippen LogP contribution in [-0.4, -0.2) is 37.3 Å². The van der Waals surface area contributed by atoms with Gasteiger partial charge in [-0.05, 0) is 55.5 Å². The first kappa shape index (κ1) is 18.4. The second-order valence-corrected chi connectivity index (χ2v) is 8.21. The largest absolute Gasteiger partial charge is 0.414 e. The lowest BCUT2D eigenvalue weighted by Crippen LogP contribution is -2.23. The van der Waals surface area contributed by atoms with Crippen LogP contribution in [0.1, 0.15) is 42.1 Å². The summed E-state index contributed by atoms with van der Waals surface area (Å²) >= 11 is 1.45. The Labute approximate surface area is 171 Å². The number of carbonyl (C=O) groups is 1. The van der Waals surface area contributed by atoms with Crippen molar-refractivity contribution in [3.8, 4) is 5.69 Å². The molecule has 0 unspecified atom stereocenters. The monoisotopic (exact) mass is 413 g/mol. The average molecular weight is 413 g/mol. The Morgan fingerprint density at radius 1 is 1.10 bits per heavy atom. The van der Waals surface area contributed by atoms with Gasteiger partial charge in [0.2, 0.25) is 11.8 Å². The smallest absolute Gasteiger partial charge is 0.277 e. The van der Waals surface area contributed by atoms with Gasteiger partial charge >= 0.3 is 0 Å². The molecule has 1 amide bonds. The van der Waals surface area contributed by atoms with Crippen LogP contribution in [-0.2, 0) is 29.9 Å². The zero-order chi connectivity index (χ0) is 19.8. The van der Waals surface area contributed by atoms with Gasteiger partial charge in [-0.1, -0.05) is 11.8 Å².